The molecule has 1 fully saturated rings. The molecule has 0 radical (unpaired) electrons. The Bertz CT molecular complexity index is 1150. The van der Waals surface area contributed by atoms with E-state index in [0.717, 1.165) is 34.7 Å². The minimum absolute atomic E-state index is 0.0428. The van der Waals surface area contributed by atoms with Crippen molar-refractivity contribution in [3.8, 4) is 11.1 Å². The maximum atomic E-state index is 13.0. The fourth-order valence-corrected chi connectivity index (χ4v) is 6.03. The van der Waals surface area contributed by atoms with Crippen LogP contribution in [0.2, 0.25) is 0 Å². The number of benzene rings is 1. The van der Waals surface area contributed by atoms with E-state index in [-0.39, 0.29) is 11.6 Å². The van der Waals surface area contributed by atoms with Crippen molar-refractivity contribution in [2.24, 2.45) is 0 Å². The molecule has 2 atom stereocenters. The Morgan fingerprint density at radius 2 is 2.04 bits per heavy atom. The zero-order valence-electron chi connectivity index (χ0n) is 15.6. The lowest BCUT2D eigenvalue weighted by atomic mass is 10.1. The summed E-state index contributed by atoms with van der Waals surface area (Å²) in [4.78, 5) is 25.6. The van der Waals surface area contributed by atoms with Gasteiger partial charge in [0, 0.05) is 21.9 Å². The number of H-pyrrole nitrogens is 1. The van der Waals surface area contributed by atoms with Gasteiger partial charge in [0.05, 0.1) is 11.4 Å². The van der Waals surface area contributed by atoms with Crippen molar-refractivity contribution in [3.05, 3.63) is 74.3 Å². The molecule has 1 aliphatic rings. The monoisotopic (exact) mass is 407 g/mol. The van der Waals surface area contributed by atoms with Gasteiger partial charge in [-0.25, -0.2) is 4.98 Å². The molecule has 0 saturated carbocycles. The molecular formula is C22H21N3OS2. The van der Waals surface area contributed by atoms with Crippen molar-refractivity contribution in [1.82, 2.24) is 14.9 Å². The van der Waals surface area contributed by atoms with Crippen molar-refractivity contribution >= 4 is 32.9 Å². The van der Waals surface area contributed by atoms with Gasteiger partial charge < -0.3 is 4.98 Å². The summed E-state index contributed by atoms with van der Waals surface area (Å²) < 4.78 is 0. The van der Waals surface area contributed by atoms with Crippen LogP contribution in [0.3, 0.4) is 0 Å². The standard InChI is InChI=1S/C22H21N3OS2/c1-14(25-11-5-9-17(25)18-10-6-12-27-18)20-23-21(26)19-16(13-28-22(19)24-20)15-7-3-2-4-8-15/h2-4,6-8,10,12-14,17H,5,9,11H2,1H3,(H,23,24,26)/t14-,17-/m0/s1. The van der Waals surface area contributed by atoms with E-state index in [2.05, 4.69) is 34.3 Å². The highest BCUT2D eigenvalue weighted by atomic mass is 32.1. The van der Waals surface area contributed by atoms with E-state index >= 15 is 0 Å². The van der Waals surface area contributed by atoms with Crippen LogP contribution in [0.15, 0.2) is 58.0 Å². The largest absolute Gasteiger partial charge is 0.309 e. The fourth-order valence-electron chi connectivity index (χ4n) is 4.19. The average Bonchev–Trinajstić information content (AvgIpc) is 3.47. The number of aromatic nitrogens is 2. The number of nitrogens with zero attached hydrogens (tertiary/aromatic N) is 2. The van der Waals surface area contributed by atoms with Crippen molar-refractivity contribution in [2.75, 3.05) is 6.54 Å². The average molecular weight is 408 g/mol. The lowest BCUT2D eigenvalue weighted by Crippen LogP contribution is -2.29. The summed E-state index contributed by atoms with van der Waals surface area (Å²) in [6.07, 6.45) is 2.34. The molecule has 142 valence electrons. The molecule has 0 amide bonds. The van der Waals surface area contributed by atoms with E-state index in [1.54, 1.807) is 11.3 Å². The molecule has 6 heteroatoms. The highest BCUT2D eigenvalue weighted by Crippen LogP contribution is 2.40. The first-order valence-corrected chi connectivity index (χ1v) is 11.3. The van der Waals surface area contributed by atoms with Crippen LogP contribution in [0.1, 0.15) is 42.6 Å². The quantitative estimate of drug-likeness (QED) is 0.478. The van der Waals surface area contributed by atoms with Gasteiger partial charge in [-0.3, -0.25) is 9.69 Å². The summed E-state index contributed by atoms with van der Waals surface area (Å²) in [7, 11) is 0. The fraction of sp³-hybridized carbons (Fsp3) is 0.273. The number of rotatable bonds is 4. The van der Waals surface area contributed by atoms with Crippen LogP contribution >= 0.6 is 22.7 Å². The third-order valence-electron chi connectivity index (χ3n) is 5.61. The molecule has 28 heavy (non-hydrogen) atoms. The maximum absolute atomic E-state index is 13.0. The Kier molecular flexibility index (Phi) is 4.62. The Labute approximate surface area is 171 Å². The Balaban J connectivity index is 1.53. The van der Waals surface area contributed by atoms with Gasteiger partial charge in [-0.05, 0) is 43.3 Å². The van der Waals surface area contributed by atoms with Crippen LogP contribution in [0, 0.1) is 0 Å². The van der Waals surface area contributed by atoms with Crippen LogP contribution in [0.4, 0.5) is 0 Å². The third kappa shape index (κ3) is 3.02. The molecule has 0 bridgehead atoms. The van der Waals surface area contributed by atoms with E-state index in [9.17, 15) is 4.79 Å². The second-order valence-electron chi connectivity index (χ2n) is 7.23. The number of likely N-dealkylation sites (tertiary alicyclic amines) is 1. The predicted octanol–water partition coefficient (Wildman–Crippen LogP) is 5.61. The van der Waals surface area contributed by atoms with Crippen LogP contribution in [0.25, 0.3) is 21.3 Å². The molecule has 4 nitrogen and oxygen atoms in total. The highest BCUT2D eigenvalue weighted by Gasteiger charge is 2.32. The lowest BCUT2D eigenvalue weighted by molar-refractivity contribution is 0.189. The van der Waals surface area contributed by atoms with Crippen LogP contribution in [-0.2, 0) is 0 Å². The van der Waals surface area contributed by atoms with Crippen LogP contribution < -0.4 is 5.56 Å². The van der Waals surface area contributed by atoms with Crippen LogP contribution in [0.5, 0.6) is 0 Å². The molecule has 1 N–H and O–H groups in total. The number of fused-ring (bicyclic) bond motifs is 1. The van der Waals surface area contributed by atoms with Crippen LogP contribution in [-0.4, -0.2) is 21.4 Å². The Morgan fingerprint density at radius 1 is 1.18 bits per heavy atom. The van der Waals surface area contributed by atoms with E-state index in [4.69, 9.17) is 4.98 Å². The summed E-state index contributed by atoms with van der Waals surface area (Å²) >= 11 is 3.36. The van der Waals surface area contributed by atoms with Gasteiger partial charge in [-0.1, -0.05) is 36.4 Å². The van der Waals surface area contributed by atoms with E-state index in [1.807, 2.05) is 47.0 Å². The van der Waals surface area contributed by atoms with Gasteiger partial charge in [0.25, 0.3) is 5.56 Å². The van der Waals surface area contributed by atoms with E-state index < -0.39 is 0 Å². The number of aromatic amines is 1. The molecule has 1 saturated heterocycles. The number of hydrogen-bond donors (Lipinski definition) is 1. The zero-order chi connectivity index (χ0) is 19.1. The summed E-state index contributed by atoms with van der Waals surface area (Å²) in [5.74, 6) is 0.766. The second kappa shape index (κ2) is 7.28. The number of hydrogen-bond acceptors (Lipinski definition) is 5. The lowest BCUT2D eigenvalue weighted by Gasteiger charge is -2.29. The minimum Gasteiger partial charge on any atom is -0.309 e. The van der Waals surface area contributed by atoms with Crippen molar-refractivity contribution < 1.29 is 0 Å². The Morgan fingerprint density at radius 3 is 2.82 bits per heavy atom. The molecular weight excluding hydrogens is 386 g/mol. The minimum atomic E-state index is -0.0428. The molecule has 1 aliphatic heterocycles. The molecule has 1 aromatic carbocycles. The first-order chi connectivity index (χ1) is 13.7. The van der Waals surface area contributed by atoms with Gasteiger partial charge in [0.15, 0.2) is 0 Å². The van der Waals surface area contributed by atoms with Gasteiger partial charge in [0.1, 0.15) is 10.7 Å². The Hall–Kier alpha value is -2.28. The van der Waals surface area contributed by atoms with Crippen molar-refractivity contribution in [3.63, 3.8) is 0 Å². The molecule has 4 heterocycles. The topological polar surface area (TPSA) is 49.0 Å². The zero-order valence-corrected chi connectivity index (χ0v) is 17.2. The summed E-state index contributed by atoms with van der Waals surface area (Å²) in [5, 5.41) is 4.88. The first kappa shape index (κ1) is 17.8. The molecule has 3 aromatic heterocycles. The first-order valence-electron chi connectivity index (χ1n) is 9.58. The van der Waals surface area contributed by atoms with Gasteiger partial charge in [-0.2, -0.15) is 0 Å². The summed E-state index contributed by atoms with van der Waals surface area (Å²) in [6, 6.07) is 14.9. The normalized spacial score (nSPS) is 18.7. The van der Waals surface area contributed by atoms with Crippen molar-refractivity contribution in [2.45, 2.75) is 31.8 Å². The maximum Gasteiger partial charge on any atom is 0.260 e. The molecule has 0 unspecified atom stereocenters. The SMILES string of the molecule is C[C@@H](c1nc2scc(-c3ccccc3)c2c(=O)[nH]1)N1CCC[C@H]1c1cccs1. The molecule has 5 rings (SSSR count). The predicted molar refractivity (Wildman–Crippen MR) is 117 cm³/mol. The highest BCUT2D eigenvalue weighted by molar-refractivity contribution is 7.17. The van der Waals surface area contributed by atoms with E-state index in [0.29, 0.717) is 11.4 Å². The number of thiophene rings is 2. The van der Waals surface area contributed by atoms with E-state index in [1.165, 1.54) is 11.3 Å². The third-order valence-corrected chi connectivity index (χ3v) is 7.45. The molecule has 0 spiro atoms. The van der Waals surface area contributed by atoms with Gasteiger partial charge in [0.2, 0.25) is 0 Å². The van der Waals surface area contributed by atoms with Gasteiger partial charge in [-0.15, -0.1) is 22.7 Å². The van der Waals surface area contributed by atoms with Gasteiger partial charge >= 0.3 is 0 Å². The molecule has 4 aromatic rings. The summed E-state index contributed by atoms with van der Waals surface area (Å²) in [5.41, 5.74) is 1.98. The summed E-state index contributed by atoms with van der Waals surface area (Å²) in [6.45, 7) is 3.19. The smallest absolute Gasteiger partial charge is 0.260 e. The second-order valence-corrected chi connectivity index (χ2v) is 9.07. The van der Waals surface area contributed by atoms with Crippen molar-refractivity contribution in [1.29, 1.82) is 0 Å². The number of nitrogens with one attached hydrogen (secondary N) is 1. The molecule has 0 aliphatic carbocycles.